The number of nitrogens with one attached hydrogen (secondary N) is 1. The number of nitrogens with zero attached hydrogens (tertiary/aromatic N) is 2. The SMILES string of the molecule is CCCCCCCCOC(=O)C1=C(C)Nc2nc3ccccc3n2[C@H]1c1cccc(OC)c1OC. The van der Waals surface area contributed by atoms with E-state index in [9.17, 15) is 4.79 Å². The lowest BCUT2D eigenvalue weighted by Crippen LogP contribution is -2.29. The molecule has 2 heterocycles. The zero-order valence-electron chi connectivity index (χ0n) is 21.1. The summed E-state index contributed by atoms with van der Waals surface area (Å²) in [5.41, 5.74) is 3.83. The van der Waals surface area contributed by atoms with Gasteiger partial charge >= 0.3 is 5.97 Å². The number of ether oxygens (including phenoxy) is 3. The van der Waals surface area contributed by atoms with E-state index in [2.05, 4.69) is 12.2 Å². The van der Waals surface area contributed by atoms with Gasteiger partial charge in [0, 0.05) is 11.3 Å². The Morgan fingerprint density at radius 2 is 1.77 bits per heavy atom. The molecule has 0 aliphatic carbocycles. The predicted molar refractivity (Wildman–Crippen MR) is 138 cm³/mol. The number of allylic oxidation sites excluding steroid dienone is 1. The standard InChI is InChI=1S/C28H35N3O4/c1-5-6-7-8-9-12-18-35-27(32)24-19(2)29-28-30-21-15-10-11-16-22(21)31(28)25(24)20-14-13-17-23(33-3)26(20)34-4/h10-11,13-17,25H,5-9,12,18H2,1-4H3,(H,29,30)/t25-/m0/s1. The maximum atomic E-state index is 13.5. The minimum atomic E-state index is -0.485. The molecular formula is C28H35N3O4. The molecule has 0 fully saturated rings. The number of rotatable bonds is 11. The monoisotopic (exact) mass is 477 g/mol. The van der Waals surface area contributed by atoms with Gasteiger partial charge in [0.25, 0.3) is 0 Å². The number of imidazole rings is 1. The number of fused-ring (bicyclic) bond motifs is 3. The number of hydrogen-bond donors (Lipinski definition) is 1. The number of para-hydroxylation sites is 3. The largest absolute Gasteiger partial charge is 0.493 e. The number of esters is 1. The summed E-state index contributed by atoms with van der Waals surface area (Å²) in [6.45, 7) is 4.50. The fourth-order valence-corrected chi connectivity index (χ4v) is 4.77. The van der Waals surface area contributed by atoms with Gasteiger partial charge in [0.05, 0.1) is 43.5 Å². The molecule has 0 amide bonds. The second-order valence-corrected chi connectivity index (χ2v) is 8.85. The van der Waals surface area contributed by atoms with Gasteiger partial charge in [-0.2, -0.15) is 0 Å². The van der Waals surface area contributed by atoms with Crippen molar-refractivity contribution in [3.05, 3.63) is 59.3 Å². The second-order valence-electron chi connectivity index (χ2n) is 8.85. The van der Waals surface area contributed by atoms with Crippen LogP contribution in [-0.2, 0) is 9.53 Å². The molecule has 1 aromatic heterocycles. The maximum Gasteiger partial charge on any atom is 0.338 e. The van der Waals surface area contributed by atoms with Crippen molar-refractivity contribution < 1.29 is 19.0 Å². The molecule has 2 aromatic carbocycles. The molecule has 7 heteroatoms. The van der Waals surface area contributed by atoms with Gasteiger partial charge < -0.3 is 19.5 Å². The average molecular weight is 478 g/mol. The first-order chi connectivity index (χ1) is 17.1. The van der Waals surface area contributed by atoms with Crippen LogP contribution in [0.5, 0.6) is 11.5 Å². The molecule has 35 heavy (non-hydrogen) atoms. The van der Waals surface area contributed by atoms with Gasteiger partial charge in [0.15, 0.2) is 11.5 Å². The van der Waals surface area contributed by atoms with Crippen LogP contribution in [0, 0.1) is 0 Å². The van der Waals surface area contributed by atoms with Crippen LogP contribution >= 0.6 is 0 Å². The molecule has 1 aliphatic rings. The summed E-state index contributed by atoms with van der Waals surface area (Å²) >= 11 is 0. The summed E-state index contributed by atoms with van der Waals surface area (Å²) in [6.07, 6.45) is 6.79. The van der Waals surface area contributed by atoms with E-state index in [0.717, 1.165) is 35.1 Å². The zero-order valence-corrected chi connectivity index (χ0v) is 21.1. The Labute approximate surface area is 207 Å². The van der Waals surface area contributed by atoms with Gasteiger partial charge in [0.2, 0.25) is 5.95 Å². The van der Waals surface area contributed by atoms with Crippen molar-refractivity contribution in [3.8, 4) is 11.5 Å². The van der Waals surface area contributed by atoms with E-state index in [-0.39, 0.29) is 5.97 Å². The number of aromatic nitrogens is 2. The third kappa shape index (κ3) is 4.99. The third-order valence-corrected chi connectivity index (χ3v) is 6.51. The lowest BCUT2D eigenvalue weighted by Gasteiger charge is -2.31. The molecule has 0 unspecified atom stereocenters. The number of anilines is 1. The highest BCUT2D eigenvalue weighted by Crippen LogP contribution is 2.45. The summed E-state index contributed by atoms with van der Waals surface area (Å²) in [5.74, 6) is 1.53. The van der Waals surface area contributed by atoms with E-state index in [1.54, 1.807) is 14.2 Å². The summed E-state index contributed by atoms with van der Waals surface area (Å²) in [5, 5.41) is 3.33. The minimum Gasteiger partial charge on any atom is -0.493 e. The molecule has 1 N–H and O–H groups in total. The van der Waals surface area contributed by atoms with E-state index < -0.39 is 6.04 Å². The summed E-state index contributed by atoms with van der Waals surface area (Å²) in [7, 11) is 3.22. The van der Waals surface area contributed by atoms with Crippen LogP contribution in [0.3, 0.4) is 0 Å². The number of unbranched alkanes of at least 4 members (excludes halogenated alkanes) is 5. The Kier molecular flexibility index (Phi) is 7.95. The van der Waals surface area contributed by atoms with E-state index in [1.165, 1.54) is 25.7 Å². The Bertz CT molecular complexity index is 1210. The highest BCUT2D eigenvalue weighted by Gasteiger charge is 2.37. The van der Waals surface area contributed by atoms with Gasteiger partial charge in [-0.05, 0) is 31.5 Å². The smallest absolute Gasteiger partial charge is 0.338 e. The van der Waals surface area contributed by atoms with E-state index in [1.807, 2.05) is 54.0 Å². The van der Waals surface area contributed by atoms with Crippen molar-refractivity contribution in [2.75, 3.05) is 26.1 Å². The molecule has 0 saturated carbocycles. The van der Waals surface area contributed by atoms with Crippen molar-refractivity contribution in [2.24, 2.45) is 0 Å². The molecule has 0 radical (unpaired) electrons. The first kappa shape index (κ1) is 24.6. The molecule has 3 aromatic rings. The fourth-order valence-electron chi connectivity index (χ4n) is 4.77. The van der Waals surface area contributed by atoms with Crippen molar-refractivity contribution >= 4 is 23.0 Å². The molecular weight excluding hydrogens is 442 g/mol. The maximum absolute atomic E-state index is 13.5. The van der Waals surface area contributed by atoms with Gasteiger partial charge in [-0.1, -0.05) is 63.3 Å². The summed E-state index contributed by atoms with van der Waals surface area (Å²) in [6, 6.07) is 13.1. The minimum absolute atomic E-state index is 0.332. The second kappa shape index (κ2) is 11.3. The van der Waals surface area contributed by atoms with Crippen LogP contribution < -0.4 is 14.8 Å². The first-order valence-electron chi connectivity index (χ1n) is 12.4. The van der Waals surface area contributed by atoms with Crippen LogP contribution in [0.2, 0.25) is 0 Å². The number of carbonyl (C=O) groups is 1. The lowest BCUT2D eigenvalue weighted by atomic mass is 9.94. The van der Waals surface area contributed by atoms with Crippen molar-refractivity contribution in [1.82, 2.24) is 9.55 Å². The van der Waals surface area contributed by atoms with Gasteiger partial charge in [0.1, 0.15) is 0 Å². The van der Waals surface area contributed by atoms with Crippen LogP contribution in [0.4, 0.5) is 5.95 Å². The number of hydrogen-bond acceptors (Lipinski definition) is 6. The highest BCUT2D eigenvalue weighted by atomic mass is 16.5. The van der Waals surface area contributed by atoms with Crippen molar-refractivity contribution in [2.45, 2.75) is 58.4 Å². The van der Waals surface area contributed by atoms with Gasteiger partial charge in [-0.15, -0.1) is 0 Å². The quantitative estimate of drug-likeness (QED) is 0.260. The van der Waals surface area contributed by atoms with Gasteiger partial charge in [-0.3, -0.25) is 4.57 Å². The number of methoxy groups -OCH3 is 2. The number of carbonyl (C=O) groups excluding carboxylic acids is 1. The Morgan fingerprint density at radius 3 is 2.54 bits per heavy atom. The molecule has 0 bridgehead atoms. The lowest BCUT2D eigenvalue weighted by molar-refractivity contribution is -0.139. The Hall–Kier alpha value is -3.48. The Morgan fingerprint density at radius 1 is 1.00 bits per heavy atom. The predicted octanol–water partition coefficient (Wildman–Crippen LogP) is 6.25. The normalized spacial score (nSPS) is 15.0. The fraction of sp³-hybridized carbons (Fsp3) is 0.429. The number of benzene rings is 2. The van der Waals surface area contributed by atoms with Crippen molar-refractivity contribution in [3.63, 3.8) is 0 Å². The van der Waals surface area contributed by atoms with Crippen molar-refractivity contribution in [1.29, 1.82) is 0 Å². The van der Waals surface area contributed by atoms with E-state index >= 15 is 0 Å². The molecule has 1 aliphatic heterocycles. The van der Waals surface area contributed by atoms with Crippen LogP contribution in [0.1, 0.15) is 64.0 Å². The van der Waals surface area contributed by atoms with E-state index in [4.69, 9.17) is 19.2 Å². The van der Waals surface area contributed by atoms with Gasteiger partial charge in [-0.25, -0.2) is 9.78 Å². The molecule has 0 saturated heterocycles. The zero-order chi connectivity index (χ0) is 24.8. The molecule has 186 valence electrons. The first-order valence-corrected chi connectivity index (χ1v) is 12.4. The topological polar surface area (TPSA) is 74.6 Å². The molecule has 1 atom stereocenters. The highest BCUT2D eigenvalue weighted by molar-refractivity contribution is 5.94. The van der Waals surface area contributed by atoms with Crippen LogP contribution in [0.15, 0.2) is 53.7 Å². The van der Waals surface area contributed by atoms with E-state index in [0.29, 0.717) is 29.6 Å². The van der Waals surface area contributed by atoms with Crippen LogP contribution in [0.25, 0.3) is 11.0 Å². The molecule has 4 rings (SSSR count). The molecule has 7 nitrogen and oxygen atoms in total. The average Bonchev–Trinajstić information content (AvgIpc) is 3.24. The third-order valence-electron chi connectivity index (χ3n) is 6.51. The summed E-state index contributed by atoms with van der Waals surface area (Å²) < 4.78 is 19.2. The Balaban J connectivity index is 1.71. The van der Waals surface area contributed by atoms with Crippen LogP contribution in [-0.4, -0.2) is 36.3 Å². The molecule has 0 spiro atoms. The summed E-state index contributed by atoms with van der Waals surface area (Å²) in [4.78, 5) is 18.3.